The number of anilines is 1. The van der Waals surface area contributed by atoms with Crippen molar-refractivity contribution in [2.75, 3.05) is 18.5 Å². The van der Waals surface area contributed by atoms with Crippen LogP contribution in [0.1, 0.15) is 13.3 Å². The highest BCUT2D eigenvalue weighted by Gasteiger charge is 2.39. The third-order valence-electron chi connectivity index (χ3n) is 2.64. The Bertz CT molecular complexity index is 291. The maximum Gasteiger partial charge on any atom is 0.182 e. The predicted molar refractivity (Wildman–Crippen MR) is 55.6 cm³/mol. The summed E-state index contributed by atoms with van der Waals surface area (Å²) >= 11 is 1.53. The number of nitrogens with one attached hydrogen (secondary N) is 1. The second kappa shape index (κ2) is 3.84. The summed E-state index contributed by atoms with van der Waals surface area (Å²) in [6.07, 6.45) is 2.33. The minimum absolute atomic E-state index is 0.102. The number of aromatic nitrogens is 1. The summed E-state index contributed by atoms with van der Waals surface area (Å²) < 4.78 is 5.33. The molecule has 78 valence electrons. The van der Waals surface area contributed by atoms with Crippen LogP contribution in [0, 0.1) is 0 Å². The average Bonchev–Trinajstić information content (AvgIpc) is 2.75. The molecule has 2 heterocycles. The van der Waals surface area contributed by atoms with Gasteiger partial charge in [0.05, 0.1) is 6.10 Å². The highest BCUT2D eigenvalue weighted by atomic mass is 32.1. The SMILES string of the molecule is CC1OCCC1(O)CNc1nccs1. The van der Waals surface area contributed by atoms with Gasteiger partial charge in [-0.3, -0.25) is 0 Å². The van der Waals surface area contributed by atoms with Crippen LogP contribution in [0.2, 0.25) is 0 Å². The van der Waals surface area contributed by atoms with E-state index in [9.17, 15) is 5.11 Å². The number of nitrogens with zero attached hydrogens (tertiary/aromatic N) is 1. The molecule has 4 nitrogen and oxygen atoms in total. The fraction of sp³-hybridized carbons (Fsp3) is 0.667. The lowest BCUT2D eigenvalue weighted by Crippen LogP contribution is -2.42. The summed E-state index contributed by atoms with van der Waals surface area (Å²) in [5.41, 5.74) is -0.744. The Balaban J connectivity index is 1.91. The molecule has 5 heteroatoms. The van der Waals surface area contributed by atoms with Gasteiger partial charge < -0.3 is 15.2 Å². The van der Waals surface area contributed by atoms with Gasteiger partial charge in [-0.05, 0) is 6.92 Å². The maximum atomic E-state index is 10.1. The maximum absolute atomic E-state index is 10.1. The molecule has 1 aliphatic heterocycles. The number of ether oxygens (including phenoxy) is 1. The van der Waals surface area contributed by atoms with Crippen molar-refractivity contribution in [3.05, 3.63) is 11.6 Å². The van der Waals surface area contributed by atoms with Gasteiger partial charge in [0.25, 0.3) is 0 Å². The summed E-state index contributed by atoms with van der Waals surface area (Å²) in [6, 6.07) is 0. The van der Waals surface area contributed by atoms with Crippen molar-refractivity contribution in [1.82, 2.24) is 4.98 Å². The molecular formula is C9H14N2O2S. The Kier molecular flexibility index (Phi) is 2.71. The number of hydrogen-bond donors (Lipinski definition) is 2. The third kappa shape index (κ3) is 1.89. The van der Waals surface area contributed by atoms with Crippen molar-refractivity contribution in [2.45, 2.75) is 25.0 Å². The van der Waals surface area contributed by atoms with Crippen molar-refractivity contribution in [1.29, 1.82) is 0 Å². The largest absolute Gasteiger partial charge is 0.385 e. The van der Waals surface area contributed by atoms with Gasteiger partial charge in [0, 0.05) is 31.1 Å². The van der Waals surface area contributed by atoms with Crippen LogP contribution in [0.3, 0.4) is 0 Å². The normalized spacial score (nSPS) is 32.0. The number of aliphatic hydroxyl groups is 1. The van der Waals surface area contributed by atoms with Gasteiger partial charge in [-0.1, -0.05) is 0 Å². The molecule has 0 radical (unpaired) electrons. The van der Waals surface area contributed by atoms with Crippen molar-refractivity contribution in [2.24, 2.45) is 0 Å². The molecule has 0 amide bonds. The molecule has 1 saturated heterocycles. The summed E-state index contributed by atoms with van der Waals surface area (Å²) in [4.78, 5) is 4.09. The fourth-order valence-corrected chi connectivity index (χ4v) is 2.07. The molecule has 1 fully saturated rings. The van der Waals surface area contributed by atoms with Crippen molar-refractivity contribution in [3.63, 3.8) is 0 Å². The van der Waals surface area contributed by atoms with Gasteiger partial charge in [-0.25, -0.2) is 4.98 Å². The van der Waals surface area contributed by atoms with Crippen LogP contribution in [0.5, 0.6) is 0 Å². The van der Waals surface area contributed by atoms with E-state index >= 15 is 0 Å². The zero-order valence-electron chi connectivity index (χ0n) is 8.06. The Morgan fingerprint density at radius 2 is 2.71 bits per heavy atom. The third-order valence-corrected chi connectivity index (χ3v) is 3.37. The zero-order valence-corrected chi connectivity index (χ0v) is 8.88. The molecule has 14 heavy (non-hydrogen) atoms. The van der Waals surface area contributed by atoms with E-state index in [1.54, 1.807) is 6.20 Å². The molecule has 0 spiro atoms. The second-order valence-electron chi connectivity index (χ2n) is 3.56. The van der Waals surface area contributed by atoms with Gasteiger partial charge in [0.2, 0.25) is 0 Å². The highest BCUT2D eigenvalue weighted by molar-refractivity contribution is 7.13. The molecule has 0 saturated carbocycles. The monoisotopic (exact) mass is 214 g/mol. The lowest BCUT2D eigenvalue weighted by atomic mass is 9.97. The van der Waals surface area contributed by atoms with Gasteiger partial charge >= 0.3 is 0 Å². The van der Waals surface area contributed by atoms with E-state index in [1.807, 2.05) is 12.3 Å². The van der Waals surface area contributed by atoms with Crippen LogP contribution < -0.4 is 5.32 Å². The quantitative estimate of drug-likeness (QED) is 0.791. The number of rotatable bonds is 3. The highest BCUT2D eigenvalue weighted by Crippen LogP contribution is 2.26. The van der Waals surface area contributed by atoms with E-state index < -0.39 is 5.60 Å². The van der Waals surface area contributed by atoms with Crippen LogP contribution in [0.25, 0.3) is 0 Å². The van der Waals surface area contributed by atoms with Crippen molar-refractivity contribution >= 4 is 16.5 Å². The standard InChI is InChI=1S/C9H14N2O2S/c1-7-9(12,2-4-13-7)6-11-8-10-3-5-14-8/h3,5,7,12H,2,4,6H2,1H3,(H,10,11). The molecule has 0 aliphatic carbocycles. The molecule has 2 rings (SSSR count). The summed E-state index contributed by atoms with van der Waals surface area (Å²) in [5.74, 6) is 0. The second-order valence-corrected chi connectivity index (χ2v) is 4.45. The van der Waals surface area contributed by atoms with E-state index in [-0.39, 0.29) is 6.10 Å². The molecular weight excluding hydrogens is 200 g/mol. The summed E-state index contributed by atoms with van der Waals surface area (Å²) in [5, 5.41) is 16.0. The van der Waals surface area contributed by atoms with E-state index in [4.69, 9.17) is 4.74 Å². The van der Waals surface area contributed by atoms with Crippen LogP contribution >= 0.6 is 11.3 Å². The zero-order chi connectivity index (χ0) is 10.0. The minimum atomic E-state index is -0.744. The lowest BCUT2D eigenvalue weighted by molar-refractivity contribution is -0.0175. The molecule has 2 N–H and O–H groups in total. The van der Waals surface area contributed by atoms with Gasteiger partial charge in [-0.2, -0.15) is 0 Å². The Morgan fingerprint density at radius 3 is 3.29 bits per heavy atom. The summed E-state index contributed by atoms with van der Waals surface area (Å²) in [6.45, 7) is 3.04. The van der Waals surface area contributed by atoms with E-state index in [0.717, 1.165) is 5.13 Å². The van der Waals surface area contributed by atoms with Gasteiger partial charge in [0.1, 0.15) is 5.60 Å². The Hall–Kier alpha value is -0.650. The molecule has 1 aromatic rings. The smallest absolute Gasteiger partial charge is 0.182 e. The first-order chi connectivity index (χ1) is 6.71. The molecule has 2 atom stereocenters. The first-order valence-corrected chi connectivity index (χ1v) is 5.56. The molecule has 2 unspecified atom stereocenters. The summed E-state index contributed by atoms with van der Waals surface area (Å²) in [7, 11) is 0. The predicted octanol–water partition coefficient (Wildman–Crippen LogP) is 1.09. The van der Waals surface area contributed by atoms with Crippen molar-refractivity contribution in [3.8, 4) is 0 Å². The molecule has 0 bridgehead atoms. The topological polar surface area (TPSA) is 54.4 Å². The number of thiazole rings is 1. The Labute approximate surface area is 86.9 Å². The van der Waals surface area contributed by atoms with E-state index in [1.165, 1.54) is 11.3 Å². The van der Waals surface area contributed by atoms with Crippen LogP contribution in [-0.4, -0.2) is 34.9 Å². The number of hydrogen-bond acceptors (Lipinski definition) is 5. The van der Waals surface area contributed by atoms with E-state index in [2.05, 4.69) is 10.3 Å². The molecule has 0 aromatic carbocycles. The average molecular weight is 214 g/mol. The van der Waals surface area contributed by atoms with E-state index in [0.29, 0.717) is 19.6 Å². The van der Waals surface area contributed by atoms with Crippen molar-refractivity contribution < 1.29 is 9.84 Å². The first-order valence-electron chi connectivity index (χ1n) is 4.68. The molecule has 1 aliphatic rings. The van der Waals surface area contributed by atoms with Crippen LogP contribution in [0.4, 0.5) is 5.13 Å². The van der Waals surface area contributed by atoms with Crippen LogP contribution in [-0.2, 0) is 4.74 Å². The molecule has 1 aromatic heterocycles. The first kappa shape index (κ1) is 9.89. The Morgan fingerprint density at radius 1 is 1.86 bits per heavy atom. The minimum Gasteiger partial charge on any atom is -0.385 e. The fourth-order valence-electron chi connectivity index (χ4n) is 1.54. The van der Waals surface area contributed by atoms with Gasteiger partial charge in [-0.15, -0.1) is 11.3 Å². The van der Waals surface area contributed by atoms with Crippen LogP contribution in [0.15, 0.2) is 11.6 Å². The lowest BCUT2D eigenvalue weighted by Gasteiger charge is -2.25. The van der Waals surface area contributed by atoms with Gasteiger partial charge in [0.15, 0.2) is 5.13 Å².